The van der Waals surface area contributed by atoms with E-state index in [4.69, 9.17) is 0 Å². The van der Waals surface area contributed by atoms with Crippen LogP contribution < -0.4 is 15.4 Å². The highest BCUT2D eigenvalue weighted by molar-refractivity contribution is 8.00. The Morgan fingerprint density at radius 2 is 1.72 bits per heavy atom. The maximum atomic E-state index is 12.6. The molecule has 0 aliphatic carbocycles. The van der Waals surface area contributed by atoms with Crippen LogP contribution in [0.2, 0.25) is 0 Å². The van der Waals surface area contributed by atoms with Gasteiger partial charge in [-0.15, -0.1) is 24.9 Å². The summed E-state index contributed by atoms with van der Waals surface area (Å²) < 4.78 is 41.6. The summed E-state index contributed by atoms with van der Waals surface area (Å²) in [6, 6.07) is 12.3. The average molecular weight is 426 g/mol. The molecule has 0 spiro atoms. The standard InChI is InChI=1S/C20H21F3N2O3S/c1-13(2)25-18(26)12-29-17-10-6-4-8-15(17)19(27)24-11-14-7-3-5-9-16(14)28-20(21,22)23/h3-10,13H,11-12H2,1-2H3,(H,24,27)(H,25,26). The molecule has 2 aromatic carbocycles. The predicted molar refractivity (Wildman–Crippen MR) is 105 cm³/mol. The number of halogens is 3. The molecule has 5 nitrogen and oxygen atoms in total. The fourth-order valence-electron chi connectivity index (χ4n) is 2.43. The third-order valence-electron chi connectivity index (χ3n) is 3.58. The van der Waals surface area contributed by atoms with Crippen LogP contribution in [-0.2, 0) is 11.3 Å². The lowest BCUT2D eigenvalue weighted by Crippen LogP contribution is -2.31. The lowest BCUT2D eigenvalue weighted by Gasteiger charge is -2.14. The predicted octanol–water partition coefficient (Wildman–Crippen LogP) is 4.13. The molecule has 0 saturated heterocycles. The molecule has 0 aromatic heterocycles. The zero-order valence-corrected chi connectivity index (χ0v) is 16.7. The Bertz CT molecular complexity index is 857. The van der Waals surface area contributed by atoms with Gasteiger partial charge in [0.15, 0.2) is 0 Å². The molecule has 2 rings (SSSR count). The maximum absolute atomic E-state index is 12.6. The van der Waals surface area contributed by atoms with Crippen molar-refractivity contribution in [2.75, 3.05) is 5.75 Å². The third-order valence-corrected chi connectivity index (χ3v) is 4.65. The molecule has 9 heteroatoms. The minimum Gasteiger partial charge on any atom is -0.405 e. The number of hydrogen-bond donors (Lipinski definition) is 2. The molecule has 0 fully saturated rings. The summed E-state index contributed by atoms with van der Waals surface area (Å²) in [6.07, 6.45) is -4.82. The molecule has 0 atom stereocenters. The fourth-order valence-corrected chi connectivity index (χ4v) is 3.29. The highest BCUT2D eigenvalue weighted by Crippen LogP contribution is 2.27. The van der Waals surface area contributed by atoms with E-state index in [2.05, 4.69) is 15.4 Å². The second-order valence-corrected chi connectivity index (χ2v) is 7.36. The van der Waals surface area contributed by atoms with Crippen LogP contribution >= 0.6 is 11.8 Å². The number of rotatable bonds is 8. The van der Waals surface area contributed by atoms with E-state index in [1.165, 1.54) is 30.0 Å². The summed E-state index contributed by atoms with van der Waals surface area (Å²) in [5.74, 6) is -0.837. The van der Waals surface area contributed by atoms with Gasteiger partial charge in [-0.3, -0.25) is 9.59 Å². The summed E-state index contributed by atoms with van der Waals surface area (Å²) in [7, 11) is 0. The van der Waals surface area contributed by atoms with Crippen LogP contribution in [0, 0.1) is 0 Å². The van der Waals surface area contributed by atoms with Crippen molar-refractivity contribution in [1.82, 2.24) is 10.6 Å². The number of hydrogen-bond acceptors (Lipinski definition) is 4. The van der Waals surface area contributed by atoms with Crippen LogP contribution in [0.1, 0.15) is 29.8 Å². The highest BCUT2D eigenvalue weighted by Gasteiger charge is 2.32. The Hall–Kier alpha value is -2.68. The Labute approximate surface area is 171 Å². The smallest absolute Gasteiger partial charge is 0.405 e. The van der Waals surface area contributed by atoms with E-state index in [0.29, 0.717) is 10.5 Å². The van der Waals surface area contributed by atoms with Gasteiger partial charge in [-0.25, -0.2) is 0 Å². The van der Waals surface area contributed by atoms with Crippen LogP contribution in [0.15, 0.2) is 53.4 Å². The molecule has 0 heterocycles. The second kappa shape index (κ2) is 10.2. The van der Waals surface area contributed by atoms with Crippen molar-refractivity contribution in [1.29, 1.82) is 0 Å². The van der Waals surface area contributed by atoms with Gasteiger partial charge >= 0.3 is 6.36 Å². The van der Waals surface area contributed by atoms with Gasteiger partial charge in [-0.05, 0) is 32.0 Å². The normalized spacial score (nSPS) is 11.2. The molecule has 0 saturated carbocycles. The van der Waals surface area contributed by atoms with Crippen LogP contribution in [0.25, 0.3) is 0 Å². The zero-order chi connectivity index (χ0) is 21.4. The van der Waals surface area contributed by atoms with E-state index in [1.54, 1.807) is 30.3 Å². The first-order chi connectivity index (χ1) is 13.7. The van der Waals surface area contributed by atoms with E-state index in [-0.39, 0.29) is 35.6 Å². The van der Waals surface area contributed by atoms with Crippen molar-refractivity contribution in [2.24, 2.45) is 0 Å². The number of alkyl halides is 3. The SMILES string of the molecule is CC(C)NC(=O)CSc1ccccc1C(=O)NCc1ccccc1OC(F)(F)F. The van der Waals surface area contributed by atoms with Gasteiger partial charge in [-0.1, -0.05) is 30.3 Å². The van der Waals surface area contributed by atoms with Crippen molar-refractivity contribution in [3.8, 4) is 5.75 Å². The number of carbonyl (C=O) groups excluding carboxylic acids is 2. The van der Waals surface area contributed by atoms with Crippen LogP contribution in [-0.4, -0.2) is 30.0 Å². The number of nitrogens with one attached hydrogen (secondary N) is 2. The monoisotopic (exact) mass is 426 g/mol. The van der Waals surface area contributed by atoms with Crippen molar-refractivity contribution < 1.29 is 27.5 Å². The maximum Gasteiger partial charge on any atom is 0.573 e. The zero-order valence-electron chi connectivity index (χ0n) is 15.9. The second-order valence-electron chi connectivity index (χ2n) is 6.35. The molecule has 0 aliphatic rings. The van der Waals surface area contributed by atoms with Gasteiger partial charge in [0, 0.05) is 23.0 Å². The first kappa shape index (κ1) is 22.6. The van der Waals surface area contributed by atoms with E-state index in [9.17, 15) is 22.8 Å². The van der Waals surface area contributed by atoms with Crippen molar-refractivity contribution >= 4 is 23.6 Å². The van der Waals surface area contributed by atoms with Crippen molar-refractivity contribution in [2.45, 2.75) is 37.7 Å². The molecular formula is C20H21F3N2O3S. The minimum absolute atomic E-state index is 0.0145. The summed E-state index contributed by atoms with van der Waals surface area (Å²) in [6.45, 7) is 3.56. The van der Waals surface area contributed by atoms with E-state index in [1.807, 2.05) is 13.8 Å². The van der Waals surface area contributed by atoms with Gasteiger partial charge in [-0.2, -0.15) is 0 Å². The highest BCUT2D eigenvalue weighted by atomic mass is 32.2. The van der Waals surface area contributed by atoms with Gasteiger partial charge < -0.3 is 15.4 Å². The Morgan fingerprint density at radius 3 is 2.41 bits per heavy atom. The Morgan fingerprint density at radius 1 is 1.07 bits per heavy atom. The Kier molecular flexibility index (Phi) is 7.95. The number of para-hydroxylation sites is 1. The molecule has 29 heavy (non-hydrogen) atoms. The van der Waals surface area contributed by atoms with E-state index in [0.717, 1.165) is 0 Å². The lowest BCUT2D eigenvalue weighted by molar-refractivity contribution is -0.274. The molecule has 0 unspecified atom stereocenters. The number of benzene rings is 2. The first-order valence-electron chi connectivity index (χ1n) is 8.78. The van der Waals surface area contributed by atoms with E-state index < -0.39 is 12.3 Å². The molecule has 156 valence electrons. The summed E-state index contributed by atoms with van der Waals surface area (Å²) in [5.41, 5.74) is 0.531. The molecule has 2 N–H and O–H groups in total. The van der Waals surface area contributed by atoms with Gasteiger partial charge in [0.2, 0.25) is 5.91 Å². The number of thioether (sulfide) groups is 1. The summed E-state index contributed by atoms with van der Waals surface area (Å²) in [5, 5.41) is 5.37. The molecule has 2 aromatic rings. The van der Waals surface area contributed by atoms with Gasteiger partial charge in [0.05, 0.1) is 11.3 Å². The topological polar surface area (TPSA) is 67.4 Å². The Balaban J connectivity index is 2.04. The largest absolute Gasteiger partial charge is 0.573 e. The molecule has 0 aliphatic heterocycles. The fraction of sp³-hybridized carbons (Fsp3) is 0.300. The van der Waals surface area contributed by atoms with Gasteiger partial charge in [0.1, 0.15) is 5.75 Å². The molecule has 0 radical (unpaired) electrons. The van der Waals surface area contributed by atoms with Crippen LogP contribution in [0.4, 0.5) is 13.2 Å². The number of carbonyl (C=O) groups is 2. The summed E-state index contributed by atoms with van der Waals surface area (Å²) >= 11 is 1.21. The van der Waals surface area contributed by atoms with Crippen molar-refractivity contribution in [3.05, 3.63) is 59.7 Å². The molecule has 2 amide bonds. The average Bonchev–Trinajstić information content (AvgIpc) is 2.64. The van der Waals surface area contributed by atoms with Gasteiger partial charge in [0.25, 0.3) is 5.91 Å². The quantitative estimate of drug-likeness (QED) is 0.623. The summed E-state index contributed by atoms with van der Waals surface area (Å²) in [4.78, 5) is 25.0. The van der Waals surface area contributed by atoms with E-state index >= 15 is 0 Å². The third kappa shape index (κ3) is 7.69. The minimum atomic E-state index is -4.82. The molecular weight excluding hydrogens is 405 g/mol. The molecule has 0 bridgehead atoms. The van der Waals surface area contributed by atoms with Crippen LogP contribution in [0.3, 0.4) is 0 Å². The van der Waals surface area contributed by atoms with Crippen molar-refractivity contribution in [3.63, 3.8) is 0 Å². The van der Waals surface area contributed by atoms with Crippen LogP contribution in [0.5, 0.6) is 5.75 Å². The number of ether oxygens (including phenoxy) is 1. The first-order valence-corrected chi connectivity index (χ1v) is 9.77. The lowest BCUT2D eigenvalue weighted by atomic mass is 10.1. The number of amides is 2.